The molecule has 2 aromatic heterocycles. The summed E-state index contributed by atoms with van der Waals surface area (Å²) in [5.74, 6) is -0.462. The van der Waals surface area contributed by atoms with Crippen molar-refractivity contribution < 1.29 is 4.79 Å². The number of aromatic amines is 1. The Morgan fingerprint density at radius 1 is 1.10 bits per heavy atom. The number of carbonyl (C=O) groups excluding carboxylic acids is 1. The highest BCUT2D eigenvalue weighted by Gasteiger charge is 2.09. The van der Waals surface area contributed by atoms with Crippen LogP contribution in [0.2, 0.25) is 0 Å². The van der Waals surface area contributed by atoms with E-state index in [2.05, 4.69) is 16.0 Å². The zero-order valence-electron chi connectivity index (χ0n) is 10.6. The van der Waals surface area contributed by atoms with Crippen LogP contribution in [-0.4, -0.2) is 15.9 Å². The number of nitrogens with two attached hydrogens (primary N) is 1. The lowest BCUT2D eigenvalue weighted by Gasteiger charge is -2.01. The van der Waals surface area contributed by atoms with E-state index in [4.69, 9.17) is 5.73 Å². The molecule has 0 aliphatic carbocycles. The van der Waals surface area contributed by atoms with Crippen molar-refractivity contribution in [3.05, 3.63) is 54.2 Å². The SMILES string of the molecule is NC(=O)c1cnc2c(ccc3c4ccccc4[nH]c32)c1. The third-order valence-electron chi connectivity index (χ3n) is 3.61. The van der Waals surface area contributed by atoms with Crippen LogP contribution in [0, 0.1) is 0 Å². The quantitative estimate of drug-likeness (QED) is 0.553. The van der Waals surface area contributed by atoms with E-state index in [0.29, 0.717) is 5.56 Å². The third kappa shape index (κ3) is 1.42. The van der Waals surface area contributed by atoms with Crippen LogP contribution >= 0.6 is 0 Å². The molecule has 2 heterocycles. The van der Waals surface area contributed by atoms with E-state index in [1.165, 1.54) is 11.6 Å². The summed E-state index contributed by atoms with van der Waals surface area (Å²) in [5, 5.41) is 3.21. The van der Waals surface area contributed by atoms with E-state index in [-0.39, 0.29) is 0 Å². The number of pyridine rings is 1. The van der Waals surface area contributed by atoms with Crippen molar-refractivity contribution in [2.24, 2.45) is 5.73 Å². The van der Waals surface area contributed by atoms with Gasteiger partial charge in [-0.05, 0) is 12.1 Å². The Kier molecular flexibility index (Phi) is 2.09. The van der Waals surface area contributed by atoms with E-state index in [9.17, 15) is 4.79 Å². The Labute approximate surface area is 114 Å². The maximum Gasteiger partial charge on any atom is 0.250 e. The fraction of sp³-hybridized carbons (Fsp3) is 0. The van der Waals surface area contributed by atoms with Crippen LogP contribution in [0.3, 0.4) is 0 Å². The van der Waals surface area contributed by atoms with Gasteiger partial charge in [-0.15, -0.1) is 0 Å². The molecule has 0 fully saturated rings. The van der Waals surface area contributed by atoms with Crippen molar-refractivity contribution in [2.45, 2.75) is 0 Å². The van der Waals surface area contributed by atoms with Crippen molar-refractivity contribution in [2.75, 3.05) is 0 Å². The van der Waals surface area contributed by atoms with Gasteiger partial charge in [-0.25, -0.2) is 0 Å². The van der Waals surface area contributed by atoms with Gasteiger partial charge in [-0.3, -0.25) is 9.78 Å². The van der Waals surface area contributed by atoms with Crippen molar-refractivity contribution in [1.82, 2.24) is 9.97 Å². The molecule has 3 N–H and O–H groups in total. The van der Waals surface area contributed by atoms with Crippen LogP contribution in [0.1, 0.15) is 10.4 Å². The van der Waals surface area contributed by atoms with E-state index in [0.717, 1.165) is 27.3 Å². The molecule has 2 aromatic carbocycles. The summed E-state index contributed by atoms with van der Waals surface area (Å²) in [7, 11) is 0. The molecule has 4 nitrogen and oxygen atoms in total. The summed E-state index contributed by atoms with van der Waals surface area (Å²) in [4.78, 5) is 19.0. The number of carbonyl (C=O) groups is 1. The Morgan fingerprint density at radius 2 is 1.95 bits per heavy atom. The summed E-state index contributed by atoms with van der Waals surface area (Å²) in [6, 6.07) is 13.9. The van der Waals surface area contributed by atoms with E-state index < -0.39 is 5.91 Å². The van der Waals surface area contributed by atoms with E-state index in [1.807, 2.05) is 30.3 Å². The zero-order valence-corrected chi connectivity index (χ0v) is 10.6. The Bertz CT molecular complexity index is 985. The molecule has 0 spiro atoms. The van der Waals surface area contributed by atoms with Crippen LogP contribution in [0.5, 0.6) is 0 Å². The van der Waals surface area contributed by atoms with Gasteiger partial charge in [0.15, 0.2) is 0 Å². The number of primary amides is 1. The van der Waals surface area contributed by atoms with Crippen LogP contribution < -0.4 is 5.73 Å². The first-order valence-electron chi connectivity index (χ1n) is 6.33. The largest absolute Gasteiger partial charge is 0.366 e. The second-order valence-corrected chi connectivity index (χ2v) is 4.82. The minimum Gasteiger partial charge on any atom is -0.366 e. The van der Waals surface area contributed by atoms with Crippen molar-refractivity contribution in [3.63, 3.8) is 0 Å². The lowest BCUT2D eigenvalue weighted by atomic mass is 10.1. The monoisotopic (exact) mass is 261 g/mol. The van der Waals surface area contributed by atoms with Crippen LogP contribution in [0.25, 0.3) is 32.7 Å². The van der Waals surface area contributed by atoms with Crippen molar-refractivity contribution >= 4 is 38.6 Å². The first-order valence-corrected chi connectivity index (χ1v) is 6.33. The van der Waals surface area contributed by atoms with Crippen LogP contribution in [0.15, 0.2) is 48.7 Å². The molecule has 0 saturated carbocycles. The van der Waals surface area contributed by atoms with Gasteiger partial charge < -0.3 is 10.7 Å². The van der Waals surface area contributed by atoms with E-state index in [1.54, 1.807) is 6.07 Å². The van der Waals surface area contributed by atoms with Gasteiger partial charge in [0.1, 0.15) is 0 Å². The minimum absolute atomic E-state index is 0.424. The van der Waals surface area contributed by atoms with Crippen molar-refractivity contribution in [3.8, 4) is 0 Å². The lowest BCUT2D eigenvalue weighted by Crippen LogP contribution is -2.11. The number of benzene rings is 2. The number of H-pyrrole nitrogens is 1. The predicted octanol–water partition coefficient (Wildman–Crippen LogP) is 2.97. The second kappa shape index (κ2) is 3.81. The van der Waals surface area contributed by atoms with Gasteiger partial charge in [0, 0.05) is 27.9 Å². The van der Waals surface area contributed by atoms with E-state index >= 15 is 0 Å². The molecule has 96 valence electrons. The van der Waals surface area contributed by atoms with Crippen LogP contribution in [-0.2, 0) is 0 Å². The highest BCUT2D eigenvalue weighted by molar-refractivity contribution is 6.16. The highest BCUT2D eigenvalue weighted by atomic mass is 16.1. The van der Waals surface area contributed by atoms with Gasteiger partial charge in [0.05, 0.1) is 16.6 Å². The highest BCUT2D eigenvalue weighted by Crippen LogP contribution is 2.30. The standard InChI is InChI=1S/C16H11N3O/c17-16(20)10-7-9-5-6-12-11-3-1-2-4-13(11)19-15(12)14(9)18-8-10/h1-8,19H,(H2,17,20). The number of aromatic nitrogens is 2. The Morgan fingerprint density at radius 3 is 2.80 bits per heavy atom. The first-order chi connectivity index (χ1) is 9.74. The van der Waals surface area contributed by atoms with Crippen LogP contribution in [0.4, 0.5) is 0 Å². The molecule has 0 unspecified atom stereocenters. The maximum atomic E-state index is 11.2. The number of hydrogen-bond acceptors (Lipinski definition) is 2. The summed E-state index contributed by atoms with van der Waals surface area (Å²) < 4.78 is 0. The summed E-state index contributed by atoms with van der Waals surface area (Å²) in [5.41, 5.74) is 8.63. The molecule has 20 heavy (non-hydrogen) atoms. The molecule has 0 atom stereocenters. The zero-order chi connectivity index (χ0) is 13.7. The smallest absolute Gasteiger partial charge is 0.250 e. The molecule has 4 rings (SSSR count). The van der Waals surface area contributed by atoms with Gasteiger partial charge in [0.25, 0.3) is 0 Å². The average molecular weight is 261 g/mol. The molecule has 4 aromatic rings. The van der Waals surface area contributed by atoms with Gasteiger partial charge in [0.2, 0.25) is 5.91 Å². The van der Waals surface area contributed by atoms with Gasteiger partial charge in [-0.2, -0.15) is 0 Å². The first kappa shape index (κ1) is 11.0. The molecule has 0 radical (unpaired) electrons. The number of hydrogen-bond donors (Lipinski definition) is 2. The molecule has 0 aliphatic rings. The molecule has 1 amide bonds. The fourth-order valence-corrected chi connectivity index (χ4v) is 2.65. The third-order valence-corrected chi connectivity index (χ3v) is 3.61. The summed E-state index contributed by atoms with van der Waals surface area (Å²) >= 11 is 0. The number of fused-ring (bicyclic) bond motifs is 5. The number of nitrogens with one attached hydrogen (secondary N) is 1. The average Bonchev–Trinajstić information content (AvgIpc) is 2.85. The summed E-state index contributed by atoms with van der Waals surface area (Å²) in [6.45, 7) is 0. The fourth-order valence-electron chi connectivity index (χ4n) is 2.65. The molecular formula is C16H11N3O. The molecule has 0 bridgehead atoms. The number of amides is 1. The molecule has 0 aliphatic heterocycles. The maximum absolute atomic E-state index is 11.2. The Hall–Kier alpha value is -2.88. The second-order valence-electron chi connectivity index (χ2n) is 4.82. The number of nitrogens with zero attached hydrogens (tertiary/aromatic N) is 1. The van der Waals surface area contributed by atoms with Gasteiger partial charge >= 0.3 is 0 Å². The number of para-hydroxylation sites is 1. The molecular weight excluding hydrogens is 250 g/mol. The summed E-state index contributed by atoms with van der Waals surface area (Å²) in [6.07, 6.45) is 1.52. The predicted molar refractivity (Wildman–Crippen MR) is 79.6 cm³/mol. The topological polar surface area (TPSA) is 71.8 Å². The van der Waals surface area contributed by atoms with Crippen molar-refractivity contribution in [1.29, 1.82) is 0 Å². The minimum atomic E-state index is -0.462. The lowest BCUT2D eigenvalue weighted by molar-refractivity contribution is 0.1000. The normalized spacial score (nSPS) is 11.4. The molecule has 0 saturated heterocycles. The number of rotatable bonds is 1. The Balaban J connectivity index is 2.16. The van der Waals surface area contributed by atoms with Gasteiger partial charge in [-0.1, -0.05) is 30.3 Å². The molecule has 4 heteroatoms.